The van der Waals surface area contributed by atoms with Crippen molar-refractivity contribution in [2.24, 2.45) is 5.73 Å². The van der Waals surface area contributed by atoms with Crippen molar-refractivity contribution in [1.82, 2.24) is 0 Å². The molecule has 104 valence electrons. The van der Waals surface area contributed by atoms with Gasteiger partial charge in [0, 0.05) is 16.1 Å². The Bertz CT molecular complexity index is 643. The van der Waals surface area contributed by atoms with Crippen LogP contribution in [0.15, 0.2) is 40.9 Å². The molecule has 0 heterocycles. The molecule has 0 aliphatic carbocycles. The maximum absolute atomic E-state index is 13.6. The molecule has 2 aromatic rings. The molecule has 6 heteroatoms. The average molecular weight is 358 g/mol. The van der Waals surface area contributed by atoms with Gasteiger partial charge in [-0.1, -0.05) is 28.1 Å². The smallest absolute Gasteiger partial charge is 0.137 e. The van der Waals surface area contributed by atoms with Gasteiger partial charge < -0.3 is 10.5 Å². The second kappa shape index (κ2) is 6.28. The first-order valence-corrected chi connectivity index (χ1v) is 6.83. The molecule has 2 N–H and O–H groups in total. The first kappa shape index (κ1) is 14.9. The standard InChI is InChI=1S/C14H10BrF2NOS/c15-9-3-8(4-10(16)5-9)7-19-11-1-2-12(14(18)20)13(17)6-11/h1-6H,7H2,(H2,18,20). The van der Waals surface area contributed by atoms with Gasteiger partial charge in [-0.15, -0.1) is 0 Å². The summed E-state index contributed by atoms with van der Waals surface area (Å²) in [7, 11) is 0. The molecule has 0 aliphatic rings. The molecule has 0 aliphatic heterocycles. The van der Waals surface area contributed by atoms with Gasteiger partial charge in [0.1, 0.15) is 29.0 Å². The molecule has 0 amide bonds. The van der Waals surface area contributed by atoms with E-state index in [1.807, 2.05) is 0 Å². The first-order valence-electron chi connectivity index (χ1n) is 5.63. The Hall–Kier alpha value is -1.53. The maximum Gasteiger partial charge on any atom is 0.137 e. The largest absolute Gasteiger partial charge is 0.489 e. The SMILES string of the molecule is NC(=S)c1ccc(OCc2cc(F)cc(Br)c2)cc1F. The highest BCUT2D eigenvalue weighted by atomic mass is 79.9. The zero-order valence-electron chi connectivity index (χ0n) is 10.2. The Morgan fingerprint density at radius 3 is 2.55 bits per heavy atom. The monoisotopic (exact) mass is 357 g/mol. The zero-order chi connectivity index (χ0) is 14.7. The van der Waals surface area contributed by atoms with Crippen molar-refractivity contribution in [2.45, 2.75) is 6.61 Å². The number of benzene rings is 2. The van der Waals surface area contributed by atoms with Crippen LogP contribution in [0.1, 0.15) is 11.1 Å². The molecule has 0 atom stereocenters. The van der Waals surface area contributed by atoms with Crippen LogP contribution >= 0.6 is 28.1 Å². The van der Waals surface area contributed by atoms with E-state index in [0.717, 1.165) is 0 Å². The predicted octanol–water partition coefficient (Wildman–Crippen LogP) is 3.94. The van der Waals surface area contributed by atoms with E-state index in [0.29, 0.717) is 15.8 Å². The van der Waals surface area contributed by atoms with Gasteiger partial charge in [0.15, 0.2) is 0 Å². The van der Waals surface area contributed by atoms with E-state index in [9.17, 15) is 8.78 Å². The lowest BCUT2D eigenvalue weighted by atomic mass is 10.2. The minimum atomic E-state index is -0.546. The van der Waals surface area contributed by atoms with E-state index in [1.54, 1.807) is 12.1 Å². The van der Waals surface area contributed by atoms with Crippen molar-refractivity contribution in [3.63, 3.8) is 0 Å². The molecular weight excluding hydrogens is 348 g/mol. The molecule has 0 aromatic heterocycles. The third-order valence-corrected chi connectivity index (χ3v) is 3.21. The molecule has 20 heavy (non-hydrogen) atoms. The predicted molar refractivity (Wildman–Crippen MR) is 80.7 cm³/mol. The third-order valence-electron chi connectivity index (χ3n) is 2.53. The van der Waals surface area contributed by atoms with Gasteiger partial charge in [0.25, 0.3) is 0 Å². The highest BCUT2D eigenvalue weighted by Crippen LogP contribution is 2.20. The van der Waals surface area contributed by atoms with E-state index in [1.165, 1.54) is 24.3 Å². The van der Waals surface area contributed by atoms with Crippen LogP contribution in [0.25, 0.3) is 0 Å². The molecule has 0 saturated heterocycles. The highest BCUT2D eigenvalue weighted by molar-refractivity contribution is 9.10. The summed E-state index contributed by atoms with van der Waals surface area (Å²) >= 11 is 7.91. The number of ether oxygens (including phenoxy) is 1. The molecule has 0 bridgehead atoms. The van der Waals surface area contributed by atoms with Crippen molar-refractivity contribution in [3.05, 3.63) is 63.6 Å². The highest BCUT2D eigenvalue weighted by Gasteiger charge is 2.07. The zero-order valence-corrected chi connectivity index (χ0v) is 12.6. The lowest BCUT2D eigenvalue weighted by Gasteiger charge is -2.08. The quantitative estimate of drug-likeness (QED) is 0.841. The lowest BCUT2D eigenvalue weighted by Crippen LogP contribution is -2.11. The van der Waals surface area contributed by atoms with E-state index >= 15 is 0 Å². The number of hydrogen-bond donors (Lipinski definition) is 1. The Labute approximate surface area is 128 Å². The summed E-state index contributed by atoms with van der Waals surface area (Å²) < 4.78 is 32.8. The fourth-order valence-electron chi connectivity index (χ4n) is 1.65. The first-order chi connectivity index (χ1) is 9.45. The van der Waals surface area contributed by atoms with Crippen molar-refractivity contribution in [1.29, 1.82) is 0 Å². The summed E-state index contributed by atoms with van der Waals surface area (Å²) in [5.74, 6) is -0.591. The molecule has 0 radical (unpaired) electrons. The number of hydrogen-bond acceptors (Lipinski definition) is 2. The second-order valence-electron chi connectivity index (χ2n) is 4.07. The topological polar surface area (TPSA) is 35.2 Å². The second-order valence-corrected chi connectivity index (χ2v) is 5.43. The number of nitrogens with two attached hydrogens (primary N) is 1. The average Bonchev–Trinajstić information content (AvgIpc) is 2.35. The van der Waals surface area contributed by atoms with Crippen LogP contribution in [0.2, 0.25) is 0 Å². The molecule has 2 aromatic carbocycles. The molecule has 0 fully saturated rings. The van der Waals surface area contributed by atoms with Gasteiger partial charge >= 0.3 is 0 Å². The van der Waals surface area contributed by atoms with Gasteiger partial charge in [-0.25, -0.2) is 8.78 Å². The Morgan fingerprint density at radius 2 is 1.95 bits per heavy atom. The molecule has 0 spiro atoms. The summed E-state index contributed by atoms with van der Waals surface area (Å²) in [6, 6.07) is 8.64. The lowest BCUT2D eigenvalue weighted by molar-refractivity contribution is 0.304. The number of rotatable bonds is 4. The summed E-state index contributed by atoms with van der Waals surface area (Å²) in [5, 5.41) is 0. The fourth-order valence-corrected chi connectivity index (χ4v) is 2.32. The van der Waals surface area contributed by atoms with E-state index < -0.39 is 5.82 Å². The molecule has 2 nitrogen and oxygen atoms in total. The number of thiocarbonyl (C=S) groups is 1. The van der Waals surface area contributed by atoms with Crippen LogP contribution in [0, 0.1) is 11.6 Å². The van der Waals surface area contributed by atoms with Gasteiger partial charge in [-0.3, -0.25) is 0 Å². The molecule has 0 unspecified atom stereocenters. The van der Waals surface area contributed by atoms with Crippen LogP contribution in [-0.4, -0.2) is 4.99 Å². The van der Waals surface area contributed by atoms with E-state index in [-0.39, 0.29) is 23.0 Å². The van der Waals surface area contributed by atoms with Crippen molar-refractivity contribution in [3.8, 4) is 5.75 Å². The van der Waals surface area contributed by atoms with Crippen LogP contribution in [0.4, 0.5) is 8.78 Å². The van der Waals surface area contributed by atoms with Gasteiger partial charge in [-0.05, 0) is 35.9 Å². The van der Waals surface area contributed by atoms with Gasteiger partial charge in [0.2, 0.25) is 0 Å². The Balaban J connectivity index is 2.11. The van der Waals surface area contributed by atoms with E-state index in [4.69, 9.17) is 22.7 Å². The summed E-state index contributed by atoms with van der Waals surface area (Å²) in [6.45, 7) is 0.127. The fraction of sp³-hybridized carbons (Fsp3) is 0.0714. The van der Waals surface area contributed by atoms with Crippen LogP contribution in [0.5, 0.6) is 5.75 Å². The van der Waals surface area contributed by atoms with E-state index in [2.05, 4.69) is 15.9 Å². The van der Waals surface area contributed by atoms with Crippen molar-refractivity contribution >= 4 is 33.1 Å². The van der Waals surface area contributed by atoms with Gasteiger partial charge in [0.05, 0.1) is 0 Å². The maximum atomic E-state index is 13.6. The summed E-state index contributed by atoms with van der Waals surface area (Å²) in [5.41, 5.74) is 6.17. The normalized spacial score (nSPS) is 10.3. The summed E-state index contributed by atoms with van der Waals surface area (Å²) in [4.78, 5) is -0.0110. The minimum Gasteiger partial charge on any atom is -0.489 e. The van der Waals surface area contributed by atoms with Crippen molar-refractivity contribution in [2.75, 3.05) is 0 Å². The Morgan fingerprint density at radius 1 is 1.20 bits per heavy atom. The number of halogens is 3. The molecule has 2 rings (SSSR count). The van der Waals surface area contributed by atoms with Gasteiger partial charge in [-0.2, -0.15) is 0 Å². The molecule has 0 saturated carbocycles. The minimum absolute atomic E-state index is 0.0110. The van der Waals surface area contributed by atoms with Crippen LogP contribution in [-0.2, 0) is 6.61 Å². The van der Waals surface area contributed by atoms with Crippen LogP contribution < -0.4 is 10.5 Å². The molecular formula is C14H10BrF2NOS. The Kier molecular flexibility index (Phi) is 4.67. The third kappa shape index (κ3) is 3.74. The van der Waals surface area contributed by atoms with Crippen LogP contribution in [0.3, 0.4) is 0 Å². The van der Waals surface area contributed by atoms with Crippen molar-refractivity contribution < 1.29 is 13.5 Å². The summed E-state index contributed by atoms with van der Waals surface area (Å²) in [6.07, 6.45) is 0.